The number of nitrogens with zero attached hydrogens (tertiary/aromatic N) is 3. The maximum atomic E-state index is 14.1. The number of para-hydroxylation sites is 1. The molecule has 206 valence electrons. The number of ether oxygens (including phenoxy) is 1. The van der Waals surface area contributed by atoms with Gasteiger partial charge in [-0.05, 0) is 61.1 Å². The summed E-state index contributed by atoms with van der Waals surface area (Å²) in [4.78, 5) is 46.3. The fourth-order valence-corrected chi connectivity index (χ4v) is 6.12. The minimum atomic E-state index is -0.895. The van der Waals surface area contributed by atoms with E-state index in [0.717, 1.165) is 17.7 Å². The average molecular weight is 560 g/mol. The van der Waals surface area contributed by atoms with E-state index in [-0.39, 0.29) is 5.91 Å². The number of carbonyl (C=O) groups is 3. The first kappa shape index (κ1) is 27.1. The number of carboxylic acids is 1. The fraction of sp³-hybridized carbons (Fsp3) is 0.267. The van der Waals surface area contributed by atoms with Crippen LogP contribution in [0.4, 0.5) is 10.7 Å². The largest absolute Gasteiger partial charge is 0.496 e. The van der Waals surface area contributed by atoms with Gasteiger partial charge in [0.25, 0.3) is 5.91 Å². The maximum Gasteiger partial charge on any atom is 0.314 e. The number of anilines is 2. The van der Waals surface area contributed by atoms with Crippen LogP contribution in [0.3, 0.4) is 0 Å². The molecule has 10 heteroatoms. The fourth-order valence-electron chi connectivity index (χ4n) is 4.89. The predicted molar refractivity (Wildman–Crippen MR) is 152 cm³/mol. The van der Waals surface area contributed by atoms with Gasteiger partial charge < -0.3 is 24.1 Å². The van der Waals surface area contributed by atoms with Crippen LogP contribution in [-0.4, -0.2) is 49.1 Å². The second-order valence-electron chi connectivity index (χ2n) is 9.74. The summed E-state index contributed by atoms with van der Waals surface area (Å²) in [6, 6.07) is 14.7. The lowest BCUT2D eigenvalue weighted by Crippen LogP contribution is -2.30. The number of carboxylic acid groups (broad SMARTS) is 1. The maximum absolute atomic E-state index is 14.1. The van der Waals surface area contributed by atoms with E-state index in [9.17, 15) is 19.5 Å². The molecule has 2 aromatic carbocycles. The van der Waals surface area contributed by atoms with E-state index in [2.05, 4.69) is 4.98 Å². The number of hydrogen-bond donors (Lipinski definition) is 1. The van der Waals surface area contributed by atoms with Gasteiger partial charge in [0.2, 0.25) is 12.3 Å². The summed E-state index contributed by atoms with van der Waals surface area (Å²) >= 11 is 1.27. The van der Waals surface area contributed by atoms with E-state index in [0.29, 0.717) is 64.0 Å². The van der Waals surface area contributed by atoms with E-state index in [1.165, 1.54) is 33.6 Å². The summed E-state index contributed by atoms with van der Waals surface area (Å²) < 4.78 is 11.0. The number of benzene rings is 2. The van der Waals surface area contributed by atoms with E-state index < -0.39 is 11.4 Å². The third kappa shape index (κ3) is 4.86. The van der Waals surface area contributed by atoms with Gasteiger partial charge in [0.15, 0.2) is 0 Å². The molecule has 1 fully saturated rings. The Hall–Kier alpha value is -4.44. The summed E-state index contributed by atoms with van der Waals surface area (Å²) in [5.74, 6) is -0.105. The van der Waals surface area contributed by atoms with Crippen LogP contribution >= 0.6 is 11.3 Å². The molecule has 0 bridgehead atoms. The minimum Gasteiger partial charge on any atom is -0.496 e. The number of aromatic nitrogens is 1. The van der Waals surface area contributed by atoms with Crippen molar-refractivity contribution in [3.8, 4) is 16.5 Å². The number of oxazole rings is 1. The van der Waals surface area contributed by atoms with Crippen LogP contribution < -0.4 is 14.5 Å². The first-order valence-electron chi connectivity index (χ1n) is 12.8. The molecule has 4 aromatic rings. The Labute approximate surface area is 235 Å². The van der Waals surface area contributed by atoms with Gasteiger partial charge in [-0.1, -0.05) is 30.3 Å². The van der Waals surface area contributed by atoms with Gasteiger partial charge in [0, 0.05) is 19.3 Å². The molecule has 9 nitrogen and oxygen atoms in total. The third-order valence-electron chi connectivity index (χ3n) is 7.42. The molecule has 1 saturated carbocycles. The monoisotopic (exact) mass is 559 g/mol. The van der Waals surface area contributed by atoms with Crippen LogP contribution in [-0.2, 0) is 21.4 Å². The topological polar surface area (TPSA) is 113 Å². The molecule has 0 saturated heterocycles. The Balaban J connectivity index is 1.51. The number of methoxy groups -OCH3 is 1. The van der Waals surface area contributed by atoms with Crippen LogP contribution in [0.5, 0.6) is 5.75 Å². The van der Waals surface area contributed by atoms with Crippen molar-refractivity contribution in [2.24, 2.45) is 0 Å². The zero-order valence-corrected chi connectivity index (χ0v) is 23.2. The summed E-state index contributed by atoms with van der Waals surface area (Å²) in [6.07, 6.45) is 5.36. The third-order valence-corrected chi connectivity index (χ3v) is 8.74. The lowest BCUT2D eigenvalue weighted by molar-refractivity contribution is -0.140. The van der Waals surface area contributed by atoms with Crippen LogP contribution in [0.2, 0.25) is 0 Å². The molecule has 0 aliphatic heterocycles. The molecule has 1 N–H and O–H groups in total. The summed E-state index contributed by atoms with van der Waals surface area (Å²) in [6.45, 7) is 2.12. The average Bonchev–Trinajstić information content (AvgIpc) is 3.49. The molecule has 0 radical (unpaired) electrons. The van der Waals surface area contributed by atoms with Crippen molar-refractivity contribution in [3.05, 3.63) is 83.2 Å². The highest BCUT2D eigenvalue weighted by Gasteiger charge is 2.51. The summed E-state index contributed by atoms with van der Waals surface area (Å²) in [5.41, 5.74) is 2.28. The molecule has 2 amide bonds. The number of rotatable bonds is 11. The molecular formula is C30H29N3O6S. The van der Waals surface area contributed by atoms with Crippen LogP contribution in [0, 0.1) is 6.92 Å². The summed E-state index contributed by atoms with van der Waals surface area (Å²) in [5, 5.41) is 10.2. The second-order valence-corrected chi connectivity index (χ2v) is 10.7. The van der Waals surface area contributed by atoms with Crippen molar-refractivity contribution in [3.63, 3.8) is 0 Å². The van der Waals surface area contributed by atoms with Gasteiger partial charge in [0.05, 0.1) is 29.2 Å². The highest BCUT2D eigenvalue weighted by molar-refractivity contribution is 7.20. The van der Waals surface area contributed by atoms with Crippen molar-refractivity contribution in [2.45, 2.75) is 31.6 Å². The zero-order chi connectivity index (χ0) is 28.4. The zero-order valence-electron chi connectivity index (χ0n) is 22.4. The van der Waals surface area contributed by atoms with Gasteiger partial charge >= 0.3 is 5.97 Å². The lowest BCUT2D eigenvalue weighted by Gasteiger charge is -2.23. The van der Waals surface area contributed by atoms with E-state index in [1.807, 2.05) is 31.2 Å². The Kier molecular flexibility index (Phi) is 7.44. The highest BCUT2D eigenvalue weighted by atomic mass is 32.1. The quantitative estimate of drug-likeness (QED) is 0.248. The highest BCUT2D eigenvalue weighted by Crippen LogP contribution is 2.49. The van der Waals surface area contributed by atoms with Crippen molar-refractivity contribution >= 4 is 40.3 Å². The molecule has 0 spiro atoms. The molecule has 0 unspecified atom stereocenters. The SMILES string of the molecule is COc1ccccc1CCN(C=O)c1sc(-c2ncco2)c(C)c1C(=O)N(C)c1cccc(C2(C(=O)O)CC2)c1. The smallest absolute Gasteiger partial charge is 0.314 e. The van der Waals surface area contributed by atoms with Crippen molar-refractivity contribution in [1.29, 1.82) is 0 Å². The van der Waals surface area contributed by atoms with E-state index in [4.69, 9.17) is 9.15 Å². The molecular weight excluding hydrogens is 530 g/mol. The molecule has 0 atom stereocenters. The molecule has 1 aliphatic carbocycles. The molecule has 2 heterocycles. The number of thiophene rings is 1. The number of aliphatic carboxylic acids is 1. The van der Waals surface area contributed by atoms with Crippen LogP contribution in [0.25, 0.3) is 10.8 Å². The molecule has 5 rings (SSSR count). The van der Waals surface area contributed by atoms with Crippen molar-refractivity contribution < 1.29 is 28.6 Å². The van der Waals surface area contributed by atoms with Gasteiger partial charge in [-0.2, -0.15) is 0 Å². The number of hydrogen-bond acceptors (Lipinski definition) is 7. The first-order valence-corrected chi connectivity index (χ1v) is 13.6. The molecule has 2 aromatic heterocycles. The summed E-state index contributed by atoms with van der Waals surface area (Å²) in [7, 11) is 3.25. The van der Waals surface area contributed by atoms with Crippen molar-refractivity contribution in [1.82, 2.24) is 4.98 Å². The Bertz CT molecular complexity index is 1560. The van der Waals surface area contributed by atoms with Gasteiger partial charge in [-0.3, -0.25) is 14.4 Å². The standard InChI is InChI=1S/C30H29N3O6S/c1-19-24(27(35)32(2)22-9-6-8-21(17-22)30(12-13-30)29(36)37)28(40-25(19)26-31-14-16-39-26)33(18-34)15-11-20-7-4-5-10-23(20)38-3/h4-10,14,16-18H,11-13,15H2,1-3H3,(H,36,37). The lowest BCUT2D eigenvalue weighted by atomic mass is 9.95. The molecule has 40 heavy (non-hydrogen) atoms. The Morgan fingerprint density at radius 3 is 2.62 bits per heavy atom. The van der Waals surface area contributed by atoms with Gasteiger partial charge in [-0.25, -0.2) is 4.98 Å². The minimum absolute atomic E-state index is 0.315. The Morgan fingerprint density at radius 2 is 1.98 bits per heavy atom. The van der Waals surface area contributed by atoms with E-state index >= 15 is 0 Å². The van der Waals surface area contributed by atoms with Crippen LogP contribution in [0.15, 0.2) is 65.4 Å². The first-order chi connectivity index (χ1) is 19.3. The van der Waals surface area contributed by atoms with E-state index in [1.54, 1.807) is 38.4 Å². The Morgan fingerprint density at radius 1 is 1.20 bits per heavy atom. The number of carbonyl (C=O) groups excluding carboxylic acids is 2. The van der Waals surface area contributed by atoms with Crippen LogP contribution in [0.1, 0.15) is 39.9 Å². The van der Waals surface area contributed by atoms with Gasteiger partial charge in [-0.15, -0.1) is 11.3 Å². The normalized spacial score (nSPS) is 13.5. The van der Waals surface area contributed by atoms with Crippen molar-refractivity contribution in [2.75, 3.05) is 30.5 Å². The van der Waals surface area contributed by atoms with Gasteiger partial charge in [0.1, 0.15) is 17.0 Å². The number of amides is 2. The molecule has 1 aliphatic rings. The predicted octanol–water partition coefficient (Wildman–Crippen LogP) is 5.32. The second kappa shape index (κ2) is 11.0.